The molecular formula is C20H27N5OS. The Bertz CT molecular complexity index is 863. The van der Waals surface area contributed by atoms with Crippen molar-refractivity contribution in [2.45, 2.75) is 88.6 Å². The van der Waals surface area contributed by atoms with Gasteiger partial charge in [-0.05, 0) is 69.8 Å². The Morgan fingerprint density at radius 2 is 1.85 bits per heavy atom. The Morgan fingerprint density at radius 3 is 2.63 bits per heavy atom. The van der Waals surface area contributed by atoms with Crippen LogP contribution in [0.15, 0.2) is 10.9 Å². The molecule has 0 atom stereocenters. The molecule has 144 valence electrons. The van der Waals surface area contributed by atoms with Crippen LogP contribution in [-0.4, -0.2) is 25.2 Å². The lowest BCUT2D eigenvalue weighted by atomic mass is 9.85. The highest BCUT2D eigenvalue weighted by atomic mass is 32.1. The zero-order chi connectivity index (χ0) is 18.2. The lowest BCUT2D eigenvalue weighted by molar-refractivity contribution is 0.300. The molecule has 0 unspecified atom stereocenters. The monoisotopic (exact) mass is 385 g/mol. The maximum atomic E-state index is 12.5. The third-order valence-electron chi connectivity index (χ3n) is 6.51. The second kappa shape index (κ2) is 7.34. The van der Waals surface area contributed by atoms with Crippen LogP contribution in [0.4, 0.5) is 5.13 Å². The summed E-state index contributed by atoms with van der Waals surface area (Å²) in [7, 11) is 0. The first-order chi connectivity index (χ1) is 13.3. The van der Waals surface area contributed by atoms with Crippen molar-refractivity contribution < 1.29 is 0 Å². The van der Waals surface area contributed by atoms with Crippen LogP contribution < -0.4 is 10.9 Å². The topological polar surface area (TPSA) is 72.7 Å². The first-order valence-electron chi connectivity index (χ1n) is 10.5. The predicted molar refractivity (Wildman–Crippen MR) is 107 cm³/mol. The molecule has 0 radical (unpaired) electrons. The van der Waals surface area contributed by atoms with E-state index >= 15 is 0 Å². The fourth-order valence-corrected chi connectivity index (χ4v) is 5.33. The first-order valence-corrected chi connectivity index (χ1v) is 11.3. The summed E-state index contributed by atoms with van der Waals surface area (Å²) in [4.78, 5) is 17.2. The number of fused-ring (bicyclic) bond motifs is 1. The fourth-order valence-electron chi connectivity index (χ4n) is 4.60. The number of aryl methyl sites for hydroxylation is 2. The number of hydrogen-bond acceptors (Lipinski definition) is 6. The standard InChI is InChI=1S/C20H27N5OS/c26-18-12-14-4-1-2-7-17(14)23-25(18)16-10-8-15(9-11-16)21-20-22-19(24-27-20)13-5-3-6-13/h12-13,15-16H,1-11H2,(H,21,22,24). The van der Waals surface area contributed by atoms with Crippen LogP contribution >= 0.6 is 11.5 Å². The molecule has 5 rings (SSSR count). The molecule has 7 heteroatoms. The van der Waals surface area contributed by atoms with Crippen LogP contribution in [0.2, 0.25) is 0 Å². The number of anilines is 1. The average molecular weight is 386 g/mol. The predicted octanol–water partition coefficient (Wildman–Crippen LogP) is 3.84. The number of rotatable bonds is 4. The molecule has 27 heavy (non-hydrogen) atoms. The van der Waals surface area contributed by atoms with Gasteiger partial charge in [-0.25, -0.2) is 9.67 Å². The minimum Gasteiger partial charge on any atom is -0.358 e. The van der Waals surface area contributed by atoms with Crippen LogP contribution in [0, 0.1) is 0 Å². The van der Waals surface area contributed by atoms with Crippen LogP contribution in [-0.2, 0) is 12.8 Å². The molecule has 0 aromatic carbocycles. The SMILES string of the molecule is O=c1cc2c(nn1C1CCC(Nc3nc(C4CCC4)ns3)CC1)CCCC2. The lowest BCUT2D eigenvalue weighted by Crippen LogP contribution is -2.34. The Hall–Kier alpha value is -1.76. The third kappa shape index (κ3) is 3.53. The van der Waals surface area contributed by atoms with E-state index < -0.39 is 0 Å². The van der Waals surface area contributed by atoms with Crippen molar-refractivity contribution >= 4 is 16.7 Å². The van der Waals surface area contributed by atoms with E-state index in [-0.39, 0.29) is 11.6 Å². The van der Waals surface area contributed by atoms with Gasteiger partial charge in [0.15, 0.2) is 0 Å². The highest BCUT2D eigenvalue weighted by Crippen LogP contribution is 2.36. The number of hydrogen-bond donors (Lipinski definition) is 1. The molecule has 3 aliphatic carbocycles. The lowest BCUT2D eigenvalue weighted by Gasteiger charge is -2.30. The van der Waals surface area contributed by atoms with Gasteiger partial charge in [-0.2, -0.15) is 9.47 Å². The quantitative estimate of drug-likeness (QED) is 0.866. The van der Waals surface area contributed by atoms with E-state index in [1.165, 1.54) is 49.2 Å². The molecule has 1 N–H and O–H groups in total. The average Bonchev–Trinajstić information content (AvgIpc) is 3.08. The molecule has 2 aromatic heterocycles. The molecule has 0 bridgehead atoms. The van der Waals surface area contributed by atoms with E-state index in [1.807, 2.05) is 6.07 Å². The summed E-state index contributed by atoms with van der Waals surface area (Å²) >= 11 is 1.50. The van der Waals surface area contributed by atoms with Gasteiger partial charge in [0.2, 0.25) is 5.13 Å². The first kappa shape index (κ1) is 17.3. The molecule has 2 heterocycles. The Labute approximate surface area is 163 Å². The summed E-state index contributed by atoms with van der Waals surface area (Å²) in [6.45, 7) is 0. The van der Waals surface area contributed by atoms with Gasteiger partial charge in [-0.1, -0.05) is 6.42 Å². The Balaban J connectivity index is 1.21. The molecule has 0 amide bonds. The number of aromatic nitrogens is 4. The zero-order valence-corrected chi connectivity index (χ0v) is 16.5. The molecule has 0 spiro atoms. The summed E-state index contributed by atoms with van der Waals surface area (Å²) in [5.74, 6) is 1.63. The van der Waals surface area contributed by atoms with Gasteiger partial charge < -0.3 is 5.32 Å². The highest BCUT2D eigenvalue weighted by molar-refractivity contribution is 7.09. The van der Waals surface area contributed by atoms with E-state index in [0.29, 0.717) is 12.0 Å². The van der Waals surface area contributed by atoms with Gasteiger partial charge in [-0.15, -0.1) is 0 Å². The van der Waals surface area contributed by atoms with E-state index in [9.17, 15) is 4.79 Å². The summed E-state index contributed by atoms with van der Waals surface area (Å²) in [5, 5.41) is 9.29. The summed E-state index contributed by atoms with van der Waals surface area (Å²) in [5.41, 5.74) is 2.41. The smallest absolute Gasteiger partial charge is 0.267 e. The molecule has 2 fully saturated rings. The van der Waals surface area contributed by atoms with Crippen LogP contribution in [0.25, 0.3) is 0 Å². The van der Waals surface area contributed by atoms with Gasteiger partial charge in [-0.3, -0.25) is 4.79 Å². The molecular weight excluding hydrogens is 358 g/mol. The Morgan fingerprint density at radius 1 is 1.04 bits per heavy atom. The van der Waals surface area contributed by atoms with Gasteiger partial charge in [0, 0.05) is 29.6 Å². The summed E-state index contributed by atoms with van der Waals surface area (Å²) < 4.78 is 6.31. The normalized spacial score (nSPS) is 25.6. The third-order valence-corrected chi connectivity index (χ3v) is 7.17. The van der Waals surface area contributed by atoms with E-state index in [2.05, 4.69) is 9.69 Å². The Kier molecular flexibility index (Phi) is 4.71. The van der Waals surface area contributed by atoms with Crippen molar-refractivity contribution in [2.75, 3.05) is 5.32 Å². The van der Waals surface area contributed by atoms with Crippen molar-refractivity contribution in [1.29, 1.82) is 0 Å². The highest BCUT2D eigenvalue weighted by Gasteiger charge is 2.27. The van der Waals surface area contributed by atoms with Crippen molar-refractivity contribution in [3.63, 3.8) is 0 Å². The van der Waals surface area contributed by atoms with Crippen LogP contribution in [0.3, 0.4) is 0 Å². The fraction of sp³-hybridized carbons (Fsp3) is 0.700. The van der Waals surface area contributed by atoms with E-state index in [0.717, 1.165) is 55.2 Å². The second-order valence-electron chi connectivity index (χ2n) is 8.34. The van der Waals surface area contributed by atoms with Gasteiger partial charge in [0.25, 0.3) is 5.56 Å². The van der Waals surface area contributed by atoms with Crippen LogP contribution in [0.5, 0.6) is 0 Å². The van der Waals surface area contributed by atoms with Gasteiger partial charge in [0.05, 0.1) is 11.7 Å². The van der Waals surface area contributed by atoms with Crippen molar-refractivity contribution in [3.8, 4) is 0 Å². The van der Waals surface area contributed by atoms with Gasteiger partial charge in [0.1, 0.15) is 5.82 Å². The van der Waals surface area contributed by atoms with Crippen molar-refractivity contribution in [3.05, 3.63) is 33.5 Å². The van der Waals surface area contributed by atoms with Crippen LogP contribution in [0.1, 0.15) is 86.8 Å². The summed E-state index contributed by atoms with van der Waals surface area (Å²) in [6.07, 6.45) is 12.3. The maximum absolute atomic E-state index is 12.5. The molecule has 3 aliphatic rings. The molecule has 6 nitrogen and oxygen atoms in total. The molecule has 0 aliphatic heterocycles. The minimum absolute atomic E-state index is 0.0846. The second-order valence-corrected chi connectivity index (χ2v) is 9.09. The molecule has 0 saturated heterocycles. The van der Waals surface area contributed by atoms with E-state index in [1.54, 1.807) is 4.68 Å². The zero-order valence-electron chi connectivity index (χ0n) is 15.7. The largest absolute Gasteiger partial charge is 0.358 e. The maximum Gasteiger partial charge on any atom is 0.267 e. The number of nitrogens with zero attached hydrogens (tertiary/aromatic N) is 4. The minimum atomic E-state index is 0.0846. The molecule has 2 saturated carbocycles. The number of nitrogens with one attached hydrogen (secondary N) is 1. The molecule has 2 aromatic rings. The summed E-state index contributed by atoms with van der Waals surface area (Å²) in [6, 6.07) is 2.51. The van der Waals surface area contributed by atoms with Crippen molar-refractivity contribution in [2.24, 2.45) is 0 Å². The van der Waals surface area contributed by atoms with E-state index in [4.69, 9.17) is 10.1 Å². The van der Waals surface area contributed by atoms with Gasteiger partial charge >= 0.3 is 0 Å². The van der Waals surface area contributed by atoms with Crippen molar-refractivity contribution in [1.82, 2.24) is 19.1 Å².